The van der Waals surface area contributed by atoms with Crippen LogP contribution in [-0.2, 0) is 11.3 Å². The minimum absolute atomic E-state index is 0.103. The summed E-state index contributed by atoms with van der Waals surface area (Å²) in [5, 5.41) is 5.55. The maximum Gasteiger partial charge on any atom is 0.251 e. The van der Waals surface area contributed by atoms with E-state index in [2.05, 4.69) is 10.6 Å². The topological polar surface area (TPSA) is 67.4 Å². The fraction of sp³-hybridized carbons (Fsp3) is 0.222. The summed E-state index contributed by atoms with van der Waals surface area (Å²) in [5.74, 6) is 0.506. The molecule has 0 fully saturated rings. The van der Waals surface area contributed by atoms with E-state index in [0.717, 1.165) is 11.3 Å². The smallest absolute Gasteiger partial charge is 0.251 e. The molecule has 0 bridgehead atoms. The Morgan fingerprint density at radius 2 is 1.65 bits per heavy atom. The van der Waals surface area contributed by atoms with Crippen LogP contribution in [0.3, 0.4) is 0 Å². The van der Waals surface area contributed by atoms with E-state index in [1.165, 1.54) is 0 Å². The van der Waals surface area contributed by atoms with Gasteiger partial charge in [-0.05, 0) is 29.8 Å². The van der Waals surface area contributed by atoms with Crippen LogP contribution in [0, 0.1) is 0 Å². The molecular formula is C18H20N2O3. The minimum atomic E-state index is -0.173. The third kappa shape index (κ3) is 5.47. The number of nitrogens with one attached hydrogen (secondary N) is 2. The fourth-order valence-corrected chi connectivity index (χ4v) is 2.01. The van der Waals surface area contributed by atoms with Gasteiger partial charge in [-0.15, -0.1) is 0 Å². The van der Waals surface area contributed by atoms with Crippen LogP contribution in [-0.4, -0.2) is 25.5 Å². The molecule has 0 aliphatic carbocycles. The number of amides is 2. The lowest BCUT2D eigenvalue weighted by atomic mass is 10.2. The molecule has 2 N–H and O–H groups in total. The molecule has 0 spiro atoms. The van der Waals surface area contributed by atoms with Gasteiger partial charge < -0.3 is 15.4 Å². The zero-order chi connectivity index (χ0) is 16.5. The maximum atomic E-state index is 11.8. The highest BCUT2D eigenvalue weighted by molar-refractivity contribution is 5.94. The second-order valence-corrected chi connectivity index (χ2v) is 5.00. The van der Waals surface area contributed by atoms with Crippen molar-refractivity contribution in [3.63, 3.8) is 0 Å². The maximum absolute atomic E-state index is 11.8. The van der Waals surface area contributed by atoms with Gasteiger partial charge in [0, 0.05) is 25.1 Å². The average molecular weight is 312 g/mol. The Bertz CT molecular complexity index is 639. The number of methoxy groups -OCH3 is 1. The lowest BCUT2D eigenvalue weighted by Gasteiger charge is -2.07. The first kappa shape index (κ1) is 16.5. The Labute approximate surface area is 135 Å². The summed E-state index contributed by atoms with van der Waals surface area (Å²) in [6.07, 6.45) is 0.245. The second kappa shape index (κ2) is 8.58. The predicted octanol–water partition coefficient (Wildman–Crippen LogP) is 2.13. The van der Waals surface area contributed by atoms with Gasteiger partial charge in [0.25, 0.3) is 5.91 Å². The van der Waals surface area contributed by atoms with Crippen LogP contribution in [0.15, 0.2) is 54.6 Å². The number of carbonyl (C=O) groups excluding carboxylic acids is 2. The van der Waals surface area contributed by atoms with Gasteiger partial charge in [0.1, 0.15) is 5.75 Å². The first-order chi connectivity index (χ1) is 11.2. The molecule has 0 aliphatic rings. The highest BCUT2D eigenvalue weighted by atomic mass is 16.5. The summed E-state index contributed by atoms with van der Waals surface area (Å²) in [7, 11) is 1.61. The van der Waals surface area contributed by atoms with Crippen LogP contribution in [0.1, 0.15) is 22.3 Å². The molecule has 0 radical (unpaired) electrons. The van der Waals surface area contributed by atoms with Gasteiger partial charge in [-0.25, -0.2) is 0 Å². The molecule has 0 saturated carbocycles. The van der Waals surface area contributed by atoms with Crippen molar-refractivity contribution in [2.24, 2.45) is 0 Å². The Balaban J connectivity index is 1.67. The number of ether oxygens (including phenoxy) is 1. The highest BCUT2D eigenvalue weighted by Crippen LogP contribution is 2.10. The minimum Gasteiger partial charge on any atom is -0.497 e. The normalized spacial score (nSPS) is 9.96. The van der Waals surface area contributed by atoms with Gasteiger partial charge in [0.2, 0.25) is 5.91 Å². The van der Waals surface area contributed by atoms with E-state index in [0.29, 0.717) is 18.7 Å². The monoisotopic (exact) mass is 312 g/mol. The Morgan fingerprint density at radius 3 is 2.30 bits per heavy atom. The molecule has 23 heavy (non-hydrogen) atoms. The molecule has 2 aromatic carbocycles. The van der Waals surface area contributed by atoms with Gasteiger partial charge in [-0.3, -0.25) is 9.59 Å². The summed E-state index contributed by atoms with van der Waals surface area (Å²) < 4.78 is 5.08. The molecule has 5 nitrogen and oxygen atoms in total. The quantitative estimate of drug-likeness (QED) is 0.823. The van der Waals surface area contributed by atoms with E-state index in [1.807, 2.05) is 30.3 Å². The molecule has 2 rings (SSSR count). The summed E-state index contributed by atoms with van der Waals surface area (Å²) in [5.41, 5.74) is 1.58. The number of carbonyl (C=O) groups is 2. The van der Waals surface area contributed by atoms with Crippen LogP contribution < -0.4 is 15.4 Å². The van der Waals surface area contributed by atoms with Gasteiger partial charge >= 0.3 is 0 Å². The third-order valence-electron chi connectivity index (χ3n) is 3.32. The molecule has 0 aliphatic heterocycles. The summed E-state index contributed by atoms with van der Waals surface area (Å²) in [6.45, 7) is 0.762. The van der Waals surface area contributed by atoms with E-state index in [1.54, 1.807) is 31.4 Å². The highest BCUT2D eigenvalue weighted by Gasteiger charge is 2.06. The lowest BCUT2D eigenvalue weighted by Crippen LogP contribution is -2.30. The van der Waals surface area contributed by atoms with E-state index in [-0.39, 0.29) is 18.2 Å². The zero-order valence-electron chi connectivity index (χ0n) is 13.0. The fourth-order valence-electron chi connectivity index (χ4n) is 2.01. The van der Waals surface area contributed by atoms with Crippen LogP contribution in [0.5, 0.6) is 5.75 Å². The largest absolute Gasteiger partial charge is 0.497 e. The van der Waals surface area contributed by atoms with E-state index < -0.39 is 0 Å². The summed E-state index contributed by atoms with van der Waals surface area (Å²) in [4.78, 5) is 23.6. The number of rotatable bonds is 7. The van der Waals surface area contributed by atoms with E-state index in [4.69, 9.17) is 4.74 Å². The Kier molecular flexibility index (Phi) is 6.17. The van der Waals surface area contributed by atoms with E-state index >= 15 is 0 Å². The zero-order valence-corrected chi connectivity index (χ0v) is 13.0. The van der Waals surface area contributed by atoms with Crippen LogP contribution >= 0.6 is 0 Å². The number of benzene rings is 2. The molecule has 120 valence electrons. The molecule has 2 amide bonds. The standard InChI is InChI=1S/C18H20N2O3/c1-23-16-9-7-14(8-10-16)13-20-17(21)11-12-19-18(22)15-5-3-2-4-6-15/h2-10H,11-13H2,1H3,(H,19,22)(H,20,21). The SMILES string of the molecule is COc1ccc(CNC(=O)CCNC(=O)c2ccccc2)cc1. The predicted molar refractivity (Wildman–Crippen MR) is 88.2 cm³/mol. The molecule has 0 heterocycles. The van der Waals surface area contributed by atoms with Crippen LogP contribution in [0.4, 0.5) is 0 Å². The average Bonchev–Trinajstić information content (AvgIpc) is 2.61. The van der Waals surface area contributed by atoms with Gasteiger partial charge in [-0.1, -0.05) is 30.3 Å². The van der Waals surface area contributed by atoms with Crippen LogP contribution in [0.2, 0.25) is 0 Å². The molecular weight excluding hydrogens is 292 g/mol. The van der Waals surface area contributed by atoms with Gasteiger partial charge in [0.15, 0.2) is 0 Å². The lowest BCUT2D eigenvalue weighted by molar-refractivity contribution is -0.121. The third-order valence-corrected chi connectivity index (χ3v) is 3.32. The second-order valence-electron chi connectivity index (χ2n) is 5.00. The molecule has 0 saturated heterocycles. The molecule has 0 atom stereocenters. The van der Waals surface area contributed by atoms with E-state index in [9.17, 15) is 9.59 Å². The first-order valence-electron chi connectivity index (χ1n) is 7.42. The van der Waals surface area contributed by atoms with Gasteiger partial charge in [0.05, 0.1) is 7.11 Å². The Morgan fingerprint density at radius 1 is 0.957 bits per heavy atom. The van der Waals surface area contributed by atoms with Crippen molar-refractivity contribution in [1.82, 2.24) is 10.6 Å². The van der Waals surface area contributed by atoms with Crippen molar-refractivity contribution >= 4 is 11.8 Å². The van der Waals surface area contributed by atoms with Crippen molar-refractivity contribution in [2.75, 3.05) is 13.7 Å². The number of hydrogen-bond donors (Lipinski definition) is 2. The van der Waals surface area contributed by atoms with Crippen LogP contribution in [0.25, 0.3) is 0 Å². The first-order valence-corrected chi connectivity index (χ1v) is 7.42. The summed E-state index contributed by atoms with van der Waals surface area (Å²) in [6, 6.07) is 16.4. The molecule has 5 heteroatoms. The van der Waals surface area contributed by atoms with Crippen molar-refractivity contribution in [2.45, 2.75) is 13.0 Å². The van der Waals surface area contributed by atoms with Gasteiger partial charge in [-0.2, -0.15) is 0 Å². The molecule has 2 aromatic rings. The van der Waals surface area contributed by atoms with Crippen molar-refractivity contribution in [3.8, 4) is 5.75 Å². The summed E-state index contributed by atoms with van der Waals surface area (Å²) >= 11 is 0. The molecule has 0 unspecified atom stereocenters. The Hall–Kier alpha value is -2.82. The van der Waals surface area contributed by atoms with Crippen molar-refractivity contribution < 1.29 is 14.3 Å². The van der Waals surface area contributed by atoms with Crippen molar-refractivity contribution in [1.29, 1.82) is 0 Å². The number of hydrogen-bond acceptors (Lipinski definition) is 3. The van der Waals surface area contributed by atoms with Crippen molar-refractivity contribution in [3.05, 3.63) is 65.7 Å². The molecule has 0 aromatic heterocycles.